The van der Waals surface area contributed by atoms with E-state index in [4.69, 9.17) is 5.73 Å². The number of nitrogens with zero attached hydrogens (tertiary/aromatic N) is 5. The summed E-state index contributed by atoms with van der Waals surface area (Å²) in [7, 11) is 0. The molecule has 8 nitrogen and oxygen atoms in total. The van der Waals surface area contributed by atoms with E-state index in [1.807, 2.05) is 27.7 Å². The molecule has 186 valence electrons. The average Bonchev–Trinajstić information content (AvgIpc) is 3.17. The SMILES string of the molecule is Cc1ncc(-c2cc3cc(Nc4cc5n(n4)CC(=O)N(C(C)C)CC5F)ncc3cc2F)c(C)c1N. The van der Waals surface area contributed by atoms with Gasteiger partial charge in [-0.2, -0.15) is 5.10 Å². The first-order chi connectivity index (χ1) is 17.1. The van der Waals surface area contributed by atoms with Crippen LogP contribution in [0.2, 0.25) is 0 Å². The number of halogens is 2. The van der Waals surface area contributed by atoms with Gasteiger partial charge < -0.3 is 16.0 Å². The van der Waals surface area contributed by atoms with Gasteiger partial charge in [0.2, 0.25) is 5.91 Å². The van der Waals surface area contributed by atoms with Crippen LogP contribution in [0, 0.1) is 19.7 Å². The first kappa shape index (κ1) is 23.7. The zero-order chi connectivity index (χ0) is 25.7. The van der Waals surface area contributed by atoms with E-state index in [9.17, 15) is 13.6 Å². The summed E-state index contributed by atoms with van der Waals surface area (Å²) in [5, 5.41) is 8.84. The highest BCUT2D eigenvalue weighted by Crippen LogP contribution is 2.33. The van der Waals surface area contributed by atoms with Crippen molar-refractivity contribution in [3.05, 3.63) is 59.4 Å². The van der Waals surface area contributed by atoms with Gasteiger partial charge in [-0.25, -0.2) is 13.8 Å². The van der Waals surface area contributed by atoms with Crippen molar-refractivity contribution >= 4 is 34.0 Å². The topological polar surface area (TPSA) is 102 Å². The number of anilines is 3. The minimum atomic E-state index is -1.35. The maximum atomic E-state index is 15.0. The van der Waals surface area contributed by atoms with Crippen LogP contribution >= 0.6 is 0 Å². The number of nitrogens with one attached hydrogen (secondary N) is 1. The van der Waals surface area contributed by atoms with Crippen LogP contribution in [-0.4, -0.2) is 43.1 Å². The Labute approximate surface area is 207 Å². The van der Waals surface area contributed by atoms with Crippen molar-refractivity contribution in [1.29, 1.82) is 0 Å². The van der Waals surface area contributed by atoms with Crippen LogP contribution in [0.1, 0.15) is 37.0 Å². The number of nitrogens with two attached hydrogens (primary N) is 1. The van der Waals surface area contributed by atoms with Gasteiger partial charge in [-0.1, -0.05) is 0 Å². The highest BCUT2D eigenvalue weighted by atomic mass is 19.1. The molecule has 0 bridgehead atoms. The Morgan fingerprint density at radius 3 is 2.58 bits per heavy atom. The number of carbonyl (C=O) groups excluding carboxylic acids is 1. The molecule has 0 saturated carbocycles. The number of aromatic nitrogens is 4. The molecule has 3 aromatic heterocycles. The van der Waals surface area contributed by atoms with Crippen molar-refractivity contribution in [2.45, 2.75) is 46.5 Å². The summed E-state index contributed by atoms with van der Waals surface area (Å²) in [6.45, 7) is 7.33. The van der Waals surface area contributed by atoms with E-state index in [1.54, 1.807) is 30.6 Å². The molecule has 0 aliphatic carbocycles. The maximum absolute atomic E-state index is 15.0. The van der Waals surface area contributed by atoms with Crippen LogP contribution < -0.4 is 11.1 Å². The van der Waals surface area contributed by atoms with Crippen molar-refractivity contribution in [2.75, 3.05) is 17.6 Å². The summed E-state index contributed by atoms with van der Waals surface area (Å²) in [5.41, 5.74) is 9.45. The van der Waals surface area contributed by atoms with E-state index in [-0.39, 0.29) is 25.0 Å². The Hall–Kier alpha value is -4.08. The number of hydrogen-bond donors (Lipinski definition) is 2. The van der Waals surface area contributed by atoms with E-state index in [2.05, 4.69) is 20.4 Å². The van der Waals surface area contributed by atoms with Crippen molar-refractivity contribution in [1.82, 2.24) is 24.6 Å². The fourth-order valence-corrected chi connectivity index (χ4v) is 4.54. The Morgan fingerprint density at radius 2 is 1.83 bits per heavy atom. The summed E-state index contributed by atoms with van der Waals surface area (Å²) in [6.07, 6.45) is 1.83. The minimum Gasteiger partial charge on any atom is -0.397 e. The van der Waals surface area contributed by atoms with Gasteiger partial charge in [0.15, 0.2) is 12.0 Å². The molecule has 0 radical (unpaired) electrons. The second-order valence-corrected chi connectivity index (χ2v) is 9.39. The lowest BCUT2D eigenvalue weighted by atomic mass is 9.98. The summed E-state index contributed by atoms with van der Waals surface area (Å²) in [4.78, 5) is 22.7. The predicted octanol–water partition coefficient (Wildman–Crippen LogP) is 4.84. The van der Waals surface area contributed by atoms with Crippen LogP contribution in [0.3, 0.4) is 0 Å². The maximum Gasteiger partial charge on any atom is 0.244 e. The number of nitrogen functional groups attached to an aromatic ring is 1. The molecule has 0 fully saturated rings. The van der Waals surface area contributed by atoms with Gasteiger partial charge in [0.05, 0.1) is 23.6 Å². The van der Waals surface area contributed by atoms with Crippen molar-refractivity contribution < 1.29 is 13.6 Å². The molecule has 1 unspecified atom stereocenters. The molecule has 4 aromatic rings. The van der Waals surface area contributed by atoms with Crippen molar-refractivity contribution in [3.63, 3.8) is 0 Å². The van der Waals surface area contributed by atoms with E-state index in [1.165, 1.54) is 15.6 Å². The molecular formula is C26H27F2N7O. The van der Waals surface area contributed by atoms with Gasteiger partial charge in [0.1, 0.15) is 18.2 Å². The third kappa shape index (κ3) is 4.12. The summed E-state index contributed by atoms with van der Waals surface area (Å²) < 4.78 is 31.3. The molecule has 1 aromatic carbocycles. The average molecular weight is 492 g/mol. The first-order valence-corrected chi connectivity index (χ1v) is 11.7. The summed E-state index contributed by atoms with van der Waals surface area (Å²) in [5.74, 6) is 0.252. The Balaban J connectivity index is 1.47. The number of amides is 1. The highest BCUT2D eigenvalue weighted by Gasteiger charge is 2.30. The van der Waals surface area contributed by atoms with Crippen molar-refractivity contribution in [2.24, 2.45) is 0 Å². The van der Waals surface area contributed by atoms with Crippen molar-refractivity contribution in [3.8, 4) is 11.1 Å². The lowest BCUT2D eigenvalue weighted by Crippen LogP contribution is -2.39. The van der Waals surface area contributed by atoms with Crippen LogP contribution in [0.4, 0.5) is 26.1 Å². The number of pyridine rings is 2. The number of fused-ring (bicyclic) bond motifs is 2. The smallest absolute Gasteiger partial charge is 0.244 e. The van der Waals surface area contributed by atoms with E-state index >= 15 is 0 Å². The summed E-state index contributed by atoms with van der Waals surface area (Å²) in [6, 6.07) is 6.42. The molecule has 3 N–H and O–H groups in total. The van der Waals surface area contributed by atoms with E-state index in [0.717, 1.165) is 10.9 Å². The fourth-order valence-electron chi connectivity index (χ4n) is 4.54. The quantitative estimate of drug-likeness (QED) is 0.424. The molecule has 36 heavy (non-hydrogen) atoms. The molecule has 10 heteroatoms. The standard InChI is InChI=1S/C26H27F2N7O/c1-13(2)34-11-21(28)22-8-24(33-35(22)12-25(34)36)32-23-7-16-5-18(20(27)6-17(16)9-31-23)19-10-30-15(4)26(29)14(19)3/h5-10,13,21H,11-12,29H2,1-4H3,(H,31,32,33). The number of benzene rings is 1. The molecule has 0 saturated heterocycles. The van der Waals surface area contributed by atoms with Gasteiger partial charge >= 0.3 is 0 Å². The normalized spacial score (nSPS) is 15.9. The predicted molar refractivity (Wildman–Crippen MR) is 135 cm³/mol. The van der Waals surface area contributed by atoms with Crippen LogP contribution in [0.15, 0.2) is 36.7 Å². The molecule has 1 aliphatic rings. The minimum absolute atomic E-state index is 0.0119. The van der Waals surface area contributed by atoms with Gasteiger partial charge in [0, 0.05) is 41.0 Å². The number of aryl methyl sites for hydroxylation is 1. The lowest BCUT2D eigenvalue weighted by Gasteiger charge is -2.25. The first-order valence-electron chi connectivity index (χ1n) is 11.7. The molecule has 0 spiro atoms. The number of alkyl halides is 1. The van der Waals surface area contributed by atoms with Crippen LogP contribution in [-0.2, 0) is 11.3 Å². The van der Waals surface area contributed by atoms with Crippen LogP contribution in [0.5, 0.6) is 0 Å². The fraction of sp³-hybridized carbons (Fsp3) is 0.308. The number of hydrogen-bond acceptors (Lipinski definition) is 6. The molecule has 5 rings (SSSR count). The Morgan fingerprint density at radius 1 is 1.06 bits per heavy atom. The Bertz CT molecular complexity index is 1500. The number of rotatable bonds is 4. The largest absolute Gasteiger partial charge is 0.397 e. The second-order valence-electron chi connectivity index (χ2n) is 9.39. The highest BCUT2D eigenvalue weighted by molar-refractivity contribution is 5.90. The van der Waals surface area contributed by atoms with Gasteiger partial charge in [-0.05, 0) is 56.8 Å². The van der Waals surface area contributed by atoms with Crippen LogP contribution in [0.25, 0.3) is 21.9 Å². The van der Waals surface area contributed by atoms with Gasteiger partial charge in [0.25, 0.3) is 0 Å². The number of carbonyl (C=O) groups is 1. The monoisotopic (exact) mass is 491 g/mol. The Kier molecular flexibility index (Phi) is 5.82. The zero-order valence-electron chi connectivity index (χ0n) is 20.5. The molecular weight excluding hydrogens is 464 g/mol. The lowest BCUT2D eigenvalue weighted by molar-refractivity contribution is -0.133. The molecule has 4 heterocycles. The van der Waals surface area contributed by atoms with E-state index in [0.29, 0.717) is 45.2 Å². The third-order valence-corrected chi connectivity index (χ3v) is 6.66. The van der Waals surface area contributed by atoms with Gasteiger partial charge in [-0.3, -0.25) is 14.5 Å². The van der Waals surface area contributed by atoms with E-state index < -0.39 is 12.0 Å². The second kappa shape index (κ2) is 8.85. The summed E-state index contributed by atoms with van der Waals surface area (Å²) >= 11 is 0. The third-order valence-electron chi connectivity index (χ3n) is 6.66. The molecule has 1 atom stereocenters. The molecule has 1 amide bonds. The zero-order valence-corrected chi connectivity index (χ0v) is 20.5. The van der Waals surface area contributed by atoms with Gasteiger partial charge in [-0.15, -0.1) is 0 Å². The molecule has 1 aliphatic heterocycles.